The number of carbonyl (C=O) groups is 2. The van der Waals surface area contributed by atoms with Crippen LogP contribution in [0, 0.1) is 5.41 Å². The van der Waals surface area contributed by atoms with E-state index in [1.807, 2.05) is 25.3 Å². The van der Waals surface area contributed by atoms with Crippen molar-refractivity contribution in [3.63, 3.8) is 0 Å². The zero-order valence-electron chi connectivity index (χ0n) is 31.5. The van der Waals surface area contributed by atoms with Crippen molar-refractivity contribution < 1.29 is 37.0 Å². The summed E-state index contributed by atoms with van der Waals surface area (Å²) >= 11 is 0.774. The fraction of sp³-hybridized carbons (Fsp3) is 0.486. The molecule has 0 spiro atoms. The van der Waals surface area contributed by atoms with Crippen LogP contribution in [-0.4, -0.2) is 66.3 Å². The Morgan fingerprint density at radius 2 is 1.77 bits per heavy atom. The van der Waals surface area contributed by atoms with Crippen molar-refractivity contribution >= 4 is 48.4 Å². The van der Waals surface area contributed by atoms with Crippen molar-refractivity contribution in [1.82, 2.24) is 19.9 Å². The summed E-state index contributed by atoms with van der Waals surface area (Å²) in [6.45, 7) is 18.9. The van der Waals surface area contributed by atoms with Gasteiger partial charge < -0.3 is 24.2 Å². The number of rotatable bonds is 12. The summed E-state index contributed by atoms with van der Waals surface area (Å²) < 4.78 is 54.8. The van der Waals surface area contributed by atoms with E-state index in [2.05, 4.69) is 54.5 Å². The minimum atomic E-state index is -4.68. The van der Waals surface area contributed by atoms with E-state index in [1.165, 1.54) is 18.5 Å². The molecule has 0 radical (unpaired) electrons. The lowest BCUT2D eigenvalue weighted by Crippen LogP contribution is -2.43. The fourth-order valence-corrected chi connectivity index (χ4v) is 7.13. The summed E-state index contributed by atoms with van der Waals surface area (Å²) in [5.41, 5.74) is -0.834. The minimum Gasteiger partial charge on any atom is -0.462 e. The molecule has 0 bridgehead atoms. The van der Waals surface area contributed by atoms with Gasteiger partial charge in [-0.25, -0.2) is 19.6 Å². The molecule has 2 amide bonds. The maximum Gasteiger partial charge on any atom is 0.434 e. The van der Waals surface area contributed by atoms with Crippen LogP contribution in [0.4, 0.5) is 23.8 Å². The molecule has 4 aromatic rings. The molecule has 3 aromatic heterocycles. The van der Waals surface area contributed by atoms with Crippen LogP contribution in [0.3, 0.4) is 0 Å². The monoisotopic (exact) mass is 775 g/mol. The highest BCUT2D eigenvalue weighted by molar-refractivity contribution is 7.13. The number of halogens is 3. The smallest absolute Gasteiger partial charge is 0.434 e. The van der Waals surface area contributed by atoms with Crippen molar-refractivity contribution in [3.05, 3.63) is 63.5 Å². The third-order valence-corrected chi connectivity index (χ3v) is 14.7. The number of aliphatic hydroxyl groups is 1. The number of amides is 2. The highest BCUT2D eigenvalue weighted by atomic mass is 32.1. The number of thiazole rings is 1. The lowest BCUT2D eigenvalue weighted by atomic mass is 9.86. The SMILES string of the molecule is CCNC(=O)Nc1cc(-c2nc(C(F)(F)F)cs2)c(-c2ccc3c(c2)c(=O)c(C(=O)OCCCO)cn3C(CO[Si](C)(C)C(C)(C)C)C(C)(C)C)cn1. The van der Waals surface area contributed by atoms with Gasteiger partial charge in [0.1, 0.15) is 16.4 Å². The van der Waals surface area contributed by atoms with E-state index in [1.54, 1.807) is 25.1 Å². The number of urea groups is 1. The molecule has 1 unspecified atom stereocenters. The predicted octanol–water partition coefficient (Wildman–Crippen LogP) is 8.50. The molecular weight excluding hydrogens is 728 g/mol. The van der Waals surface area contributed by atoms with Crippen LogP contribution in [-0.2, 0) is 15.3 Å². The first-order valence-corrected chi connectivity index (χ1v) is 21.1. The second-order valence-corrected chi connectivity index (χ2v) is 21.0. The van der Waals surface area contributed by atoms with Crippen LogP contribution in [0.15, 0.2) is 46.8 Å². The molecule has 3 N–H and O–H groups in total. The first kappa shape index (κ1) is 41.6. The van der Waals surface area contributed by atoms with Gasteiger partial charge >= 0.3 is 18.2 Å². The van der Waals surface area contributed by atoms with Crippen molar-refractivity contribution in [2.24, 2.45) is 5.41 Å². The molecule has 53 heavy (non-hydrogen) atoms. The Morgan fingerprint density at radius 1 is 1.08 bits per heavy atom. The third kappa shape index (κ3) is 9.71. The van der Waals surface area contributed by atoms with Crippen molar-refractivity contribution in [2.45, 2.75) is 85.2 Å². The van der Waals surface area contributed by atoms with Gasteiger partial charge in [0.25, 0.3) is 0 Å². The molecule has 0 aliphatic carbocycles. The van der Waals surface area contributed by atoms with Crippen LogP contribution in [0.25, 0.3) is 32.6 Å². The zero-order chi connectivity index (χ0) is 39.5. The third-order valence-electron chi connectivity index (χ3n) is 9.35. The fourth-order valence-electron chi connectivity index (χ4n) is 5.26. The number of alkyl halides is 3. The molecule has 1 atom stereocenters. The molecule has 0 saturated heterocycles. The average Bonchev–Trinajstić information content (AvgIpc) is 3.56. The summed E-state index contributed by atoms with van der Waals surface area (Å²) in [4.78, 5) is 48.1. The van der Waals surface area contributed by atoms with E-state index < -0.39 is 43.0 Å². The number of aromatic nitrogens is 3. The van der Waals surface area contributed by atoms with Gasteiger partial charge in [-0.1, -0.05) is 47.6 Å². The number of benzene rings is 1. The zero-order valence-corrected chi connectivity index (χ0v) is 33.3. The Bertz CT molecular complexity index is 2020. The molecule has 1 aromatic carbocycles. The van der Waals surface area contributed by atoms with E-state index >= 15 is 0 Å². The Morgan fingerprint density at radius 3 is 2.36 bits per heavy atom. The number of hydrogen-bond donors (Lipinski definition) is 3. The molecule has 0 aliphatic rings. The number of esters is 1. The summed E-state index contributed by atoms with van der Waals surface area (Å²) in [5.74, 6) is -0.780. The lowest BCUT2D eigenvalue weighted by Gasteiger charge is -2.40. The molecule has 0 aliphatic heterocycles. The van der Waals surface area contributed by atoms with Gasteiger partial charge in [-0.2, -0.15) is 13.2 Å². The largest absolute Gasteiger partial charge is 0.462 e. The number of nitrogens with zero attached hydrogens (tertiary/aromatic N) is 3. The van der Waals surface area contributed by atoms with Crippen molar-refractivity contribution in [2.75, 3.05) is 31.7 Å². The Hall–Kier alpha value is -4.12. The topological polar surface area (TPSA) is 145 Å². The van der Waals surface area contributed by atoms with Gasteiger partial charge in [-0.3, -0.25) is 10.1 Å². The normalized spacial score (nSPS) is 13.2. The number of nitrogens with one attached hydrogen (secondary N) is 2. The lowest BCUT2D eigenvalue weighted by molar-refractivity contribution is -0.140. The van der Waals surface area contributed by atoms with Gasteiger partial charge in [0.05, 0.1) is 24.8 Å². The maximum atomic E-state index is 14.2. The van der Waals surface area contributed by atoms with Gasteiger partial charge in [-0.15, -0.1) is 11.3 Å². The quantitative estimate of drug-likeness (QED) is 0.0739. The first-order valence-electron chi connectivity index (χ1n) is 17.3. The van der Waals surface area contributed by atoms with E-state index in [4.69, 9.17) is 9.16 Å². The van der Waals surface area contributed by atoms with Crippen LogP contribution >= 0.6 is 11.3 Å². The molecule has 288 valence electrons. The Labute approximate surface area is 312 Å². The van der Waals surface area contributed by atoms with Gasteiger partial charge in [0.15, 0.2) is 14.0 Å². The highest BCUT2D eigenvalue weighted by Gasteiger charge is 2.39. The number of fused-ring (bicyclic) bond motifs is 1. The van der Waals surface area contributed by atoms with Crippen molar-refractivity contribution in [1.29, 1.82) is 0 Å². The van der Waals surface area contributed by atoms with Crippen LogP contribution in [0.1, 0.15) is 77.0 Å². The van der Waals surface area contributed by atoms with E-state index in [9.17, 15) is 32.7 Å². The maximum absolute atomic E-state index is 14.2. The number of ether oxygens (including phenoxy) is 1. The molecule has 4 rings (SSSR count). The van der Waals surface area contributed by atoms with Gasteiger partial charge in [-0.05, 0) is 54.2 Å². The van der Waals surface area contributed by atoms with Crippen molar-refractivity contribution in [3.8, 4) is 21.7 Å². The number of aliphatic hydroxyl groups excluding tert-OH is 1. The summed E-state index contributed by atoms with van der Waals surface area (Å²) in [5, 5.41) is 15.4. The molecule has 0 saturated carbocycles. The number of anilines is 1. The molecule has 11 nitrogen and oxygen atoms in total. The van der Waals surface area contributed by atoms with Crippen LogP contribution < -0.4 is 16.1 Å². The molecule has 0 fully saturated rings. The van der Waals surface area contributed by atoms with Crippen LogP contribution in [0.2, 0.25) is 18.1 Å². The minimum absolute atomic E-state index is 0.0166. The summed E-state index contributed by atoms with van der Waals surface area (Å²) in [7, 11) is -2.24. The second-order valence-electron chi connectivity index (χ2n) is 15.3. The predicted molar refractivity (Wildman–Crippen MR) is 204 cm³/mol. The molecule has 3 heterocycles. The average molecular weight is 776 g/mol. The van der Waals surface area contributed by atoms with Crippen LogP contribution in [0.5, 0.6) is 0 Å². The second kappa shape index (κ2) is 16.1. The molecular formula is C37H48F3N5O6SSi. The number of carbonyl (C=O) groups excluding carboxylic acids is 2. The summed E-state index contributed by atoms with van der Waals surface area (Å²) in [6.07, 6.45) is -1.60. The standard InChI is InChI=1S/C37H48F3N5O6SSi/c1-10-41-34(49)44-30-17-23(32-43-28(21-52-32)37(38,39)40)25(18-42-30)22-12-13-27-24(16-22)31(47)26(33(48)50-15-11-14-46)19-45(27)29(35(2,3)4)20-51-53(8,9)36(5,6)7/h12-13,16-19,21,29,46H,10-11,14-15,20H2,1-9H3,(H2,41,42,44,49). The Balaban J connectivity index is 1.98. The van der Waals surface area contributed by atoms with Gasteiger partial charge in [0.2, 0.25) is 5.43 Å². The first-order chi connectivity index (χ1) is 24.6. The van der Waals surface area contributed by atoms with E-state index in [-0.39, 0.29) is 58.1 Å². The number of pyridine rings is 2. The van der Waals surface area contributed by atoms with Gasteiger partial charge in [0, 0.05) is 53.9 Å². The highest BCUT2D eigenvalue weighted by Crippen LogP contribution is 2.42. The Kier molecular flexibility index (Phi) is 12.6. The van der Waals surface area contributed by atoms with E-state index in [0.29, 0.717) is 29.8 Å². The molecule has 16 heteroatoms. The van der Waals surface area contributed by atoms with E-state index in [0.717, 1.165) is 16.7 Å². The number of hydrogen-bond acceptors (Lipinski definition) is 9. The summed E-state index contributed by atoms with van der Waals surface area (Å²) in [6, 6.07) is 5.54.